The minimum absolute atomic E-state index is 0.318. The maximum atomic E-state index is 13.2. The number of rotatable bonds is 3. The predicted molar refractivity (Wildman–Crippen MR) is 127 cm³/mol. The van der Waals surface area contributed by atoms with Gasteiger partial charge >= 0.3 is 0 Å². The molecule has 0 radical (unpaired) electrons. The summed E-state index contributed by atoms with van der Waals surface area (Å²) in [6.07, 6.45) is 3.14. The van der Waals surface area contributed by atoms with Crippen molar-refractivity contribution in [1.29, 1.82) is 0 Å². The SMILES string of the molecule is C=C(N)C1=C(C)CC=C1.C=CC.CC1OC(C(C)(O)c2ccc(F)c(P)c2)C(O)C1O. The lowest BCUT2D eigenvalue weighted by atomic mass is 9.86. The molecule has 1 fully saturated rings. The van der Waals surface area contributed by atoms with Gasteiger partial charge in [0.25, 0.3) is 0 Å². The molecule has 0 amide bonds. The van der Waals surface area contributed by atoms with E-state index in [0.717, 1.165) is 12.0 Å². The second kappa shape index (κ2) is 11.7. The Balaban J connectivity index is 0.000000333. The Morgan fingerprint density at radius 3 is 2.29 bits per heavy atom. The standard InChI is InChI=1S/C13H18FO4P.C8H11N.C3H6/c1-6-10(15)11(16)12(18-6)13(2,17)7-3-4-8(14)9(19)5-7;1-6-4-3-5-8(6)7(2)9;1-3-2/h3-6,10-12,15-17H,19H2,1-2H3;3,5H,2,4,9H2,1H3;3H,1H2,2H3. The summed E-state index contributed by atoms with van der Waals surface area (Å²) >= 11 is 0. The molecule has 0 saturated carbocycles. The van der Waals surface area contributed by atoms with E-state index in [1.807, 2.05) is 13.0 Å². The largest absolute Gasteiger partial charge is 0.399 e. The second-order valence-corrected chi connectivity index (χ2v) is 8.48. The van der Waals surface area contributed by atoms with Gasteiger partial charge in [-0.3, -0.25) is 0 Å². The first-order chi connectivity index (χ1) is 14.4. The Morgan fingerprint density at radius 2 is 1.94 bits per heavy atom. The third-order valence-corrected chi connectivity index (χ3v) is 5.59. The van der Waals surface area contributed by atoms with Crippen LogP contribution in [0.2, 0.25) is 0 Å². The molecule has 6 atom stereocenters. The molecule has 172 valence electrons. The van der Waals surface area contributed by atoms with E-state index in [0.29, 0.717) is 16.6 Å². The minimum Gasteiger partial charge on any atom is -0.399 e. The summed E-state index contributed by atoms with van der Waals surface area (Å²) < 4.78 is 18.7. The first kappa shape index (κ1) is 27.2. The Morgan fingerprint density at radius 1 is 1.35 bits per heavy atom. The molecule has 1 aromatic carbocycles. The smallest absolute Gasteiger partial charge is 0.130 e. The highest BCUT2D eigenvalue weighted by Gasteiger charge is 2.50. The van der Waals surface area contributed by atoms with Gasteiger partial charge in [-0.15, -0.1) is 15.8 Å². The van der Waals surface area contributed by atoms with Crippen molar-refractivity contribution >= 4 is 14.5 Å². The molecule has 0 spiro atoms. The average Bonchev–Trinajstić information content (AvgIpc) is 3.24. The molecule has 3 rings (SSSR count). The van der Waals surface area contributed by atoms with Crippen LogP contribution in [-0.2, 0) is 10.3 Å². The van der Waals surface area contributed by atoms with Crippen molar-refractivity contribution in [3.8, 4) is 0 Å². The summed E-state index contributed by atoms with van der Waals surface area (Å²) in [6, 6.07) is 4.16. The Kier molecular flexibility index (Phi) is 10.3. The molecule has 0 bridgehead atoms. The molecule has 2 aliphatic rings. The number of hydrogen-bond acceptors (Lipinski definition) is 5. The van der Waals surface area contributed by atoms with Crippen molar-refractivity contribution in [2.24, 2.45) is 5.73 Å². The van der Waals surface area contributed by atoms with Crippen LogP contribution >= 0.6 is 9.24 Å². The molecule has 1 aromatic rings. The monoisotopic (exact) mass is 451 g/mol. The highest BCUT2D eigenvalue weighted by atomic mass is 31.0. The molecule has 1 heterocycles. The van der Waals surface area contributed by atoms with Gasteiger partial charge in [0, 0.05) is 11.0 Å². The summed E-state index contributed by atoms with van der Waals surface area (Å²) in [4.78, 5) is 0. The first-order valence-corrected chi connectivity index (χ1v) is 10.6. The fraction of sp³-hybridized carbons (Fsp3) is 0.417. The molecular weight excluding hydrogens is 416 g/mol. The molecule has 5 N–H and O–H groups in total. The van der Waals surface area contributed by atoms with Crippen LogP contribution in [0.1, 0.15) is 39.7 Å². The average molecular weight is 452 g/mol. The number of halogens is 1. The van der Waals surface area contributed by atoms with E-state index in [1.165, 1.54) is 30.7 Å². The zero-order valence-corrected chi connectivity index (χ0v) is 19.8. The van der Waals surface area contributed by atoms with Crippen LogP contribution < -0.4 is 11.0 Å². The number of ether oxygens (including phenoxy) is 1. The molecule has 1 aliphatic carbocycles. The topological polar surface area (TPSA) is 95.9 Å². The van der Waals surface area contributed by atoms with Crippen molar-refractivity contribution in [2.45, 2.75) is 64.1 Å². The lowest BCUT2D eigenvalue weighted by Gasteiger charge is -2.32. The van der Waals surface area contributed by atoms with E-state index in [9.17, 15) is 19.7 Å². The van der Waals surface area contributed by atoms with Crippen molar-refractivity contribution in [3.63, 3.8) is 0 Å². The number of benzene rings is 1. The van der Waals surface area contributed by atoms with E-state index in [1.54, 1.807) is 13.0 Å². The van der Waals surface area contributed by atoms with E-state index in [4.69, 9.17) is 10.5 Å². The number of aliphatic hydroxyl groups excluding tert-OH is 2. The summed E-state index contributed by atoms with van der Waals surface area (Å²) in [7, 11) is 2.24. The van der Waals surface area contributed by atoms with Crippen LogP contribution in [0.15, 0.2) is 66.4 Å². The Bertz CT molecular complexity index is 850. The van der Waals surface area contributed by atoms with Crippen LogP contribution in [0.3, 0.4) is 0 Å². The van der Waals surface area contributed by atoms with E-state index in [2.05, 4.69) is 35.4 Å². The van der Waals surface area contributed by atoms with Crippen LogP contribution in [0.25, 0.3) is 0 Å². The van der Waals surface area contributed by atoms with Crippen molar-refractivity contribution in [2.75, 3.05) is 0 Å². The zero-order valence-electron chi connectivity index (χ0n) is 18.7. The third-order valence-electron chi connectivity index (χ3n) is 5.15. The number of allylic oxidation sites excluding steroid dienone is 4. The van der Waals surface area contributed by atoms with E-state index in [-0.39, 0.29) is 0 Å². The number of nitrogens with two attached hydrogens (primary N) is 1. The van der Waals surface area contributed by atoms with Gasteiger partial charge in [-0.2, -0.15) is 0 Å². The third kappa shape index (κ3) is 6.83. The Hall–Kier alpha value is -1.82. The summed E-state index contributed by atoms with van der Waals surface area (Å²) in [5.41, 5.74) is 7.51. The van der Waals surface area contributed by atoms with Gasteiger partial charge in [0.15, 0.2) is 0 Å². The molecule has 6 unspecified atom stereocenters. The maximum Gasteiger partial charge on any atom is 0.130 e. The highest BCUT2D eigenvalue weighted by Crippen LogP contribution is 2.35. The van der Waals surface area contributed by atoms with Gasteiger partial charge in [-0.05, 0) is 57.4 Å². The van der Waals surface area contributed by atoms with Gasteiger partial charge in [-0.25, -0.2) is 4.39 Å². The predicted octanol–water partition coefficient (Wildman–Crippen LogP) is 2.97. The first-order valence-electron chi connectivity index (χ1n) is 10.1. The maximum absolute atomic E-state index is 13.2. The number of aliphatic hydroxyl groups is 3. The van der Waals surface area contributed by atoms with Gasteiger partial charge in [0.05, 0.1) is 6.10 Å². The van der Waals surface area contributed by atoms with Crippen molar-refractivity contribution in [3.05, 3.63) is 77.8 Å². The minimum atomic E-state index is -1.52. The van der Waals surface area contributed by atoms with Crippen LogP contribution in [-0.4, -0.2) is 39.7 Å². The van der Waals surface area contributed by atoms with E-state index >= 15 is 0 Å². The Labute approximate surface area is 187 Å². The lowest BCUT2D eigenvalue weighted by Crippen LogP contribution is -2.45. The highest BCUT2D eigenvalue weighted by molar-refractivity contribution is 7.27. The molecule has 1 saturated heterocycles. The summed E-state index contributed by atoms with van der Waals surface area (Å²) in [6.45, 7) is 14.1. The molecule has 0 aromatic heterocycles. The summed E-state index contributed by atoms with van der Waals surface area (Å²) in [5.74, 6) is -0.397. The molecule has 7 heteroatoms. The molecular formula is C24H35FNO4P. The van der Waals surface area contributed by atoms with Gasteiger partial charge in [0.1, 0.15) is 29.7 Å². The van der Waals surface area contributed by atoms with Crippen LogP contribution in [0, 0.1) is 5.82 Å². The molecule has 31 heavy (non-hydrogen) atoms. The van der Waals surface area contributed by atoms with Crippen molar-refractivity contribution < 1.29 is 24.4 Å². The van der Waals surface area contributed by atoms with Gasteiger partial charge in [-0.1, -0.05) is 36.4 Å². The summed E-state index contributed by atoms with van der Waals surface area (Å²) in [5, 5.41) is 30.5. The second-order valence-electron chi connectivity index (χ2n) is 7.86. The van der Waals surface area contributed by atoms with Crippen LogP contribution in [0.4, 0.5) is 4.39 Å². The van der Waals surface area contributed by atoms with Crippen molar-refractivity contribution in [1.82, 2.24) is 0 Å². The molecule has 1 aliphatic heterocycles. The fourth-order valence-electron chi connectivity index (χ4n) is 3.32. The van der Waals surface area contributed by atoms with Gasteiger partial charge < -0.3 is 25.8 Å². The zero-order chi connectivity index (χ0) is 23.9. The van der Waals surface area contributed by atoms with Crippen LogP contribution in [0.5, 0.6) is 0 Å². The lowest BCUT2D eigenvalue weighted by molar-refractivity contribution is -0.122. The quantitative estimate of drug-likeness (QED) is 0.419. The fourth-order valence-corrected chi connectivity index (χ4v) is 3.60. The molecule has 5 nitrogen and oxygen atoms in total. The van der Waals surface area contributed by atoms with Gasteiger partial charge in [0.2, 0.25) is 0 Å². The normalized spacial score (nSPS) is 26.4. The number of hydrogen-bond donors (Lipinski definition) is 4. The van der Waals surface area contributed by atoms with E-state index < -0.39 is 35.8 Å².